The number of hydrogen-bond acceptors (Lipinski definition) is 4. The number of likely N-dealkylation sites (tertiary alicyclic amines) is 1. The number of carbonyl (C=O) groups is 1. The quantitative estimate of drug-likeness (QED) is 0.332. The van der Waals surface area contributed by atoms with Crippen LogP contribution in [0.2, 0.25) is 0 Å². The average molecular weight is 420 g/mol. The van der Waals surface area contributed by atoms with Crippen LogP contribution in [-0.2, 0) is 16.6 Å². The van der Waals surface area contributed by atoms with E-state index >= 15 is 0 Å². The molecule has 1 aliphatic heterocycles. The van der Waals surface area contributed by atoms with E-state index in [1.807, 2.05) is 26.0 Å². The zero-order valence-electron chi connectivity index (χ0n) is 18.7. The average Bonchev–Trinajstić information content (AvgIpc) is 2.70. The molecule has 4 nitrogen and oxygen atoms in total. The van der Waals surface area contributed by atoms with Crippen molar-refractivity contribution in [3.8, 4) is 5.75 Å². The van der Waals surface area contributed by atoms with Gasteiger partial charge in [-0.2, -0.15) is 0 Å². The van der Waals surface area contributed by atoms with Crippen LogP contribution in [0.3, 0.4) is 0 Å². The fraction of sp³-hybridized carbons (Fsp3) is 0.593. The Morgan fingerprint density at radius 3 is 2.84 bits per heavy atom. The van der Waals surface area contributed by atoms with Crippen molar-refractivity contribution in [3.63, 3.8) is 0 Å². The van der Waals surface area contributed by atoms with Gasteiger partial charge in [0, 0.05) is 24.1 Å². The van der Waals surface area contributed by atoms with Crippen LogP contribution in [0.4, 0.5) is 0 Å². The van der Waals surface area contributed by atoms with Crippen molar-refractivity contribution in [3.05, 3.63) is 53.1 Å². The molecule has 3 saturated carbocycles. The lowest BCUT2D eigenvalue weighted by Gasteiger charge is -2.87. The van der Waals surface area contributed by atoms with Gasteiger partial charge >= 0.3 is 5.97 Å². The first-order valence-corrected chi connectivity index (χ1v) is 12.1. The summed E-state index contributed by atoms with van der Waals surface area (Å²) in [4.78, 5) is 14.9. The highest BCUT2D eigenvalue weighted by Gasteiger charge is 2.88. The Balaban J connectivity index is 1.29. The molecular formula is C27H33NO3. The standard InChI is InChI=1S/C27H33NO3/c1-18(2)6-3-9-24(29)31-21-11-10-20-14-23-27(30)25(22(20)15-21)12-5-13-26(27,17-25)28(23)16-19-7-4-8-19/h3,6,9-11,15,19,23,30H,4-5,7-8,12-14,16-17H2,1-2H3/b9-3+/t23-,25+,26?,27-/m1/s1. The number of esters is 1. The van der Waals surface area contributed by atoms with Crippen LogP contribution >= 0.6 is 0 Å². The van der Waals surface area contributed by atoms with Gasteiger partial charge in [0.25, 0.3) is 0 Å². The van der Waals surface area contributed by atoms with Gasteiger partial charge in [0.1, 0.15) is 11.4 Å². The van der Waals surface area contributed by atoms with Gasteiger partial charge in [-0.3, -0.25) is 4.90 Å². The summed E-state index contributed by atoms with van der Waals surface area (Å²) in [5, 5.41) is 12.1. The van der Waals surface area contributed by atoms with E-state index in [-0.39, 0.29) is 23.0 Å². The number of carbonyl (C=O) groups excluding carboxylic acids is 1. The maximum Gasteiger partial charge on any atom is 0.336 e. The van der Waals surface area contributed by atoms with Crippen molar-refractivity contribution in [2.45, 2.75) is 87.8 Å². The summed E-state index contributed by atoms with van der Waals surface area (Å²) in [5.41, 5.74) is 2.97. The van der Waals surface area contributed by atoms with Crippen LogP contribution in [0.1, 0.15) is 69.9 Å². The highest BCUT2D eigenvalue weighted by Crippen LogP contribution is 2.77. The molecule has 2 spiro atoms. The normalized spacial score (nSPS) is 37.7. The predicted molar refractivity (Wildman–Crippen MR) is 120 cm³/mol. The molecule has 0 radical (unpaired) electrons. The lowest BCUT2D eigenvalue weighted by atomic mass is 9.29. The summed E-state index contributed by atoms with van der Waals surface area (Å²) in [6, 6.07) is 6.38. The van der Waals surface area contributed by atoms with Crippen LogP contribution in [0.25, 0.3) is 0 Å². The lowest BCUT2D eigenvalue weighted by Crippen LogP contribution is -3.00. The molecule has 4 heteroatoms. The summed E-state index contributed by atoms with van der Waals surface area (Å²) < 4.78 is 5.62. The molecule has 2 bridgehead atoms. The summed E-state index contributed by atoms with van der Waals surface area (Å²) >= 11 is 0. The number of rotatable bonds is 5. The first-order chi connectivity index (χ1) is 14.9. The fourth-order valence-corrected chi connectivity index (χ4v) is 7.77. The van der Waals surface area contributed by atoms with E-state index in [0.717, 1.165) is 37.2 Å². The summed E-state index contributed by atoms with van der Waals surface area (Å²) in [6.45, 7) is 5.16. The van der Waals surface area contributed by atoms with Crippen molar-refractivity contribution in [1.82, 2.24) is 4.90 Å². The van der Waals surface area contributed by atoms with Crippen molar-refractivity contribution in [2.75, 3.05) is 6.54 Å². The zero-order chi connectivity index (χ0) is 21.4. The molecule has 4 aliphatic carbocycles. The van der Waals surface area contributed by atoms with E-state index in [1.54, 1.807) is 6.08 Å². The second-order valence-corrected chi connectivity index (χ2v) is 10.9. The second-order valence-electron chi connectivity index (χ2n) is 10.9. The van der Waals surface area contributed by atoms with E-state index in [2.05, 4.69) is 17.0 Å². The van der Waals surface area contributed by atoms with Gasteiger partial charge in [0.05, 0.1) is 5.54 Å². The fourth-order valence-electron chi connectivity index (χ4n) is 7.77. The van der Waals surface area contributed by atoms with E-state index < -0.39 is 5.60 Å². The molecule has 1 heterocycles. The van der Waals surface area contributed by atoms with Gasteiger partial charge in [-0.1, -0.05) is 36.6 Å². The smallest absolute Gasteiger partial charge is 0.336 e. The molecule has 5 aliphatic rings. The van der Waals surface area contributed by atoms with Crippen molar-refractivity contribution >= 4 is 5.97 Å². The molecule has 1 unspecified atom stereocenters. The number of aliphatic hydroxyl groups is 1. The van der Waals surface area contributed by atoms with Crippen LogP contribution in [0, 0.1) is 5.92 Å². The second kappa shape index (κ2) is 6.55. The topological polar surface area (TPSA) is 49.8 Å². The van der Waals surface area contributed by atoms with Crippen LogP contribution in [-0.4, -0.2) is 39.7 Å². The monoisotopic (exact) mass is 419 g/mol. The number of nitrogens with zero attached hydrogens (tertiary/aromatic N) is 1. The summed E-state index contributed by atoms with van der Waals surface area (Å²) in [5.74, 6) is 1.07. The van der Waals surface area contributed by atoms with Crippen LogP contribution in [0.5, 0.6) is 5.75 Å². The van der Waals surface area contributed by atoms with E-state index in [0.29, 0.717) is 5.75 Å². The number of piperidine rings is 1. The van der Waals surface area contributed by atoms with E-state index in [9.17, 15) is 9.90 Å². The minimum Gasteiger partial charge on any atom is -0.423 e. The molecule has 164 valence electrons. The Labute approximate surface area is 185 Å². The number of allylic oxidation sites excluding steroid dienone is 3. The third-order valence-corrected chi connectivity index (χ3v) is 9.21. The maximum atomic E-state index is 12.2. The molecule has 1 N–H and O–H groups in total. The highest BCUT2D eigenvalue weighted by atomic mass is 16.5. The largest absolute Gasteiger partial charge is 0.423 e. The molecule has 0 aromatic heterocycles. The molecule has 0 amide bonds. The Morgan fingerprint density at radius 1 is 1.26 bits per heavy atom. The molecule has 1 saturated heterocycles. The molecule has 4 atom stereocenters. The summed E-state index contributed by atoms with van der Waals surface area (Å²) in [6.07, 6.45) is 14.5. The van der Waals surface area contributed by atoms with Crippen molar-refractivity contribution < 1.29 is 14.6 Å². The molecule has 1 aromatic rings. The van der Waals surface area contributed by atoms with Gasteiger partial charge in [-0.05, 0) is 81.5 Å². The number of hydrogen-bond donors (Lipinski definition) is 1. The van der Waals surface area contributed by atoms with Crippen molar-refractivity contribution in [2.24, 2.45) is 5.92 Å². The van der Waals surface area contributed by atoms with Gasteiger partial charge < -0.3 is 9.84 Å². The van der Waals surface area contributed by atoms with Crippen LogP contribution in [0.15, 0.2) is 42.0 Å². The Morgan fingerprint density at radius 2 is 2.10 bits per heavy atom. The molecule has 1 aromatic carbocycles. The Kier molecular flexibility index (Phi) is 4.17. The predicted octanol–water partition coefficient (Wildman–Crippen LogP) is 4.45. The van der Waals surface area contributed by atoms with E-state index in [4.69, 9.17) is 4.74 Å². The third kappa shape index (κ3) is 2.41. The highest BCUT2D eigenvalue weighted by molar-refractivity contribution is 5.84. The van der Waals surface area contributed by atoms with Gasteiger partial charge in [-0.25, -0.2) is 4.79 Å². The first-order valence-electron chi connectivity index (χ1n) is 12.1. The molecule has 31 heavy (non-hydrogen) atoms. The lowest BCUT2D eigenvalue weighted by molar-refractivity contribution is -0.389. The number of fused-ring (bicyclic) bond motifs is 1. The minimum absolute atomic E-state index is 0.00294. The van der Waals surface area contributed by atoms with Gasteiger partial charge in [-0.15, -0.1) is 0 Å². The van der Waals surface area contributed by atoms with Crippen LogP contribution < -0.4 is 4.74 Å². The number of ether oxygens (including phenoxy) is 1. The van der Waals surface area contributed by atoms with Crippen molar-refractivity contribution in [1.29, 1.82) is 0 Å². The first kappa shape index (κ1) is 19.8. The number of benzene rings is 1. The van der Waals surface area contributed by atoms with E-state index in [1.165, 1.54) is 49.4 Å². The Bertz CT molecular complexity index is 1000. The minimum atomic E-state index is -0.596. The zero-order valence-corrected chi connectivity index (χ0v) is 18.7. The SMILES string of the molecule is CC(C)=C/C=C/C(=O)Oc1ccc2c(c1)[C@]13CCCC4(C1)N(CC1CCC1)[C@H](C2)[C@]43O. The molecular weight excluding hydrogens is 386 g/mol. The van der Waals surface area contributed by atoms with Gasteiger partial charge in [0.15, 0.2) is 0 Å². The molecule has 6 rings (SSSR count). The van der Waals surface area contributed by atoms with Gasteiger partial charge in [0.2, 0.25) is 0 Å². The third-order valence-electron chi connectivity index (χ3n) is 9.21. The summed E-state index contributed by atoms with van der Waals surface area (Å²) in [7, 11) is 0. The maximum absolute atomic E-state index is 12.2. The molecule has 4 fully saturated rings. The Hall–Kier alpha value is -1.91.